The third-order valence-corrected chi connectivity index (χ3v) is 6.87. The number of methoxy groups -OCH3 is 1. The van der Waals surface area contributed by atoms with Crippen molar-refractivity contribution >= 4 is 34.7 Å². The number of rotatable bonds is 6. The molecule has 5 rings (SSSR count). The number of carboxylic acid groups (broad SMARTS) is 1. The molecule has 1 saturated heterocycles. The number of hydrogen-bond donors (Lipinski definition) is 1. The van der Waals surface area contributed by atoms with Gasteiger partial charge in [0.1, 0.15) is 23.1 Å². The molecule has 12 heteroatoms. The first-order valence-electron chi connectivity index (χ1n) is 12.2. The summed E-state index contributed by atoms with van der Waals surface area (Å²) in [6.45, 7) is 1.90. The molecule has 3 aromatic rings. The molecule has 1 atom stereocenters. The van der Waals surface area contributed by atoms with Crippen molar-refractivity contribution in [1.82, 2.24) is 4.90 Å². The van der Waals surface area contributed by atoms with Crippen LogP contribution in [0.25, 0.3) is 0 Å². The summed E-state index contributed by atoms with van der Waals surface area (Å²) in [5, 5.41) is 21.5. The van der Waals surface area contributed by atoms with E-state index in [0.717, 1.165) is 5.69 Å². The fourth-order valence-corrected chi connectivity index (χ4v) is 5.01. The highest BCUT2D eigenvalue weighted by molar-refractivity contribution is 6.02. The second-order valence-corrected chi connectivity index (χ2v) is 9.14. The van der Waals surface area contributed by atoms with Gasteiger partial charge in [-0.3, -0.25) is 14.9 Å². The van der Waals surface area contributed by atoms with Gasteiger partial charge in [0.25, 0.3) is 5.69 Å². The van der Waals surface area contributed by atoms with Crippen LogP contribution in [0.5, 0.6) is 5.75 Å². The zero-order valence-electron chi connectivity index (χ0n) is 21.0. The highest BCUT2D eigenvalue weighted by atomic mass is 19.1. The molecule has 2 aliphatic heterocycles. The molecule has 1 fully saturated rings. The fourth-order valence-electron chi connectivity index (χ4n) is 5.01. The van der Waals surface area contributed by atoms with Gasteiger partial charge in [-0.15, -0.1) is 0 Å². The van der Waals surface area contributed by atoms with E-state index in [0.29, 0.717) is 31.7 Å². The third-order valence-electron chi connectivity index (χ3n) is 6.87. The minimum absolute atomic E-state index is 0.0281. The summed E-state index contributed by atoms with van der Waals surface area (Å²) in [5.41, 5.74) is 1.25. The summed E-state index contributed by atoms with van der Waals surface area (Å²) in [6, 6.07) is 13.6. The Hall–Kier alpha value is -4.74. The van der Waals surface area contributed by atoms with Crippen molar-refractivity contribution in [2.24, 2.45) is 4.99 Å². The molecule has 39 heavy (non-hydrogen) atoms. The molecule has 2 aliphatic rings. The maximum absolute atomic E-state index is 15.0. The van der Waals surface area contributed by atoms with E-state index < -0.39 is 29.2 Å². The van der Waals surface area contributed by atoms with Gasteiger partial charge >= 0.3 is 5.97 Å². The van der Waals surface area contributed by atoms with Crippen LogP contribution in [0, 0.1) is 21.7 Å². The first-order chi connectivity index (χ1) is 18.8. The lowest BCUT2D eigenvalue weighted by atomic mass is 9.97. The molecule has 1 unspecified atom stereocenters. The molecule has 1 N–H and O–H groups in total. The predicted octanol–water partition coefficient (Wildman–Crippen LogP) is 4.73. The Labute approximate surface area is 222 Å². The number of nitrogens with zero attached hydrogens (tertiary/aromatic N) is 5. The van der Waals surface area contributed by atoms with Gasteiger partial charge in [-0.25, -0.2) is 13.8 Å². The van der Waals surface area contributed by atoms with Gasteiger partial charge in [0.05, 0.1) is 30.2 Å². The third kappa shape index (κ3) is 5.05. The number of aliphatic imine (C=N–C) groups is 1. The Morgan fingerprint density at radius 3 is 2.41 bits per heavy atom. The van der Waals surface area contributed by atoms with Crippen LogP contribution in [0.15, 0.2) is 65.7 Å². The molecule has 2 heterocycles. The summed E-state index contributed by atoms with van der Waals surface area (Å²) in [7, 11) is 1.41. The van der Waals surface area contributed by atoms with Crippen LogP contribution in [0.1, 0.15) is 18.0 Å². The first-order valence-corrected chi connectivity index (χ1v) is 12.2. The number of carbonyl (C=O) groups is 1. The van der Waals surface area contributed by atoms with Gasteiger partial charge in [0.15, 0.2) is 0 Å². The quantitative estimate of drug-likeness (QED) is 0.355. The number of hydrogen-bond acceptors (Lipinski definition) is 8. The lowest BCUT2D eigenvalue weighted by Crippen LogP contribution is -2.55. The number of nitro benzene ring substituents is 1. The molecule has 0 amide bonds. The Morgan fingerprint density at radius 2 is 1.77 bits per heavy atom. The number of anilines is 2. The number of benzene rings is 3. The molecular formula is C27H25F2N5O5. The van der Waals surface area contributed by atoms with Gasteiger partial charge in [-0.2, -0.15) is 0 Å². The minimum atomic E-state index is -1.13. The van der Waals surface area contributed by atoms with Crippen LogP contribution in [-0.2, 0) is 4.79 Å². The number of para-hydroxylation sites is 1. The molecule has 0 radical (unpaired) electrons. The van der Waals surface area contributed by atoms with Gasteiger partial charge in [-0.1, -0.05) is 12.1 Å². The van der Waals surface area contributed by atoms with E-state index in [4.69, 9.17) is 4.74 Å². The molecule has 0 saturated carbocycles. The normalized spacial score (nSPS) is 16.9. The van der Waals surface area contributed by atoms with Crippen molar-refractivity contribution in [3.05, 3.63) is 88.0 Å². The van der Waals surface area contributed by atoms with E-state index >= 15 is 4.39 Å². The topological polar surface area (TPSA) is 112 Å². The van der Waals surface area contributed by atoms with Crippen LogP contribution in [0.4, 0.5) is 31.5 Å². The maximum Gasteiger partial charge on any atom is 0.305 e. The lowest BCUT2D eigenvalue weighted by Gasteiger charge is -2.45. The maximum atomic E-state index is 15.0. The van der Waals surface area contributed by atoms with Crippen LogP contribution in [0.2, 0.25) is 0 Å². The number of halogens is 2. The van der Waals surface area contributed by atoms with Crippen molar-refractivity contribution in [2.45, 2.75) is 12.5 Å². The van der Waals surface area contributed by atoms with Gasteiger partial charge in [0.2, 0.25) is 5.96 Å². The van der Waals surface area contributed by atoms with Crippen LogP contribution < -0.4 is 14.5 Å². The summed E-state index contributed by atoms with van der Waals surface area (Å²) in [5.74, 6) is -1.53. The second-order valence-electron chi connectivity index (χ2n) is 9.14. The molecule has 0 spiro atoms. The van der Waals surface area contributed by atoms with E-state index in [1.54, 1.807) is 23.1 Å². The highest BCUT2D eigenvalue weighted by Gasteiger charge is 2.39. The van der Waals surface area contributed by atoms with E-state index in [-0.39, 0.29) is 34.6 Å². The Balaban J connectivity index is 1.60. The summed E-state index contributed by atoms with van der Waals surface area (Å²) >= 11 is 0. The monoisotopic (exact) mass is 537 g/mol. The van der Waals surface area contributed by atoms with Crippen molar-refractivity contribution in [1.29, 1.82) is 0 Å². The van der Waals surface area contributed by atoms with E-state index in [9.17, 15) is 24.4 Å². The van der Waals surface area contributed by atoms with Gasteiger partial charge in [0, 0.05) is 49.6 Å². The Kier molecular flexibility index (Phi) is 7.01. The molecule has 10 nitrogen and oxygen atoms in total. The Morgan fingerprint density at radius 1 is 1.08 bits per heavy atom. The van der Waals surface area contributed by atoms with Gasteiger partial charge in [-0.05, 0) is 36.4 Å². The predicted molar refractivity (Wildman–Crippen MR) is 141 cm³/mol. The molecule has 0 bridgehead atoms. The van der Waals surface area contributed by atoms with Crippen molar-refractivity contribution < 1.29 is 28.3 Å². The molecular weight excluding hydrogens is 512 g/mol. The first kappa shape index (κ1) is 25.9. The zero-order chi connectivity index (χ0) is 27.7. The Bertz CT molecular complexity index is 1440. The second kappa shape index (κ2) is 10.6. The number of carboxylic acids is 1. The standard InChI is InChI=1S/C27H25F2N5O5/c1-39-24-10-9-19(34(37)38)15-23(24)33-22(16-25(35)36)20-3-2-4-21(29)26(20)30-27(33)32-13-11-31(12-14-32)18-7-5-17(28)6-8-18/h2-10,15,22H,11-14,16H2,1H3,(H,35,36). The average Bonchev–Trinajstić information content (AvgIpc) is 2.93. The SMILES string of the molecule is COc1ccc([N+](=O)[O-])cc1N1C(N2CCN(c3ccc(F)cc3)CC2)=Nc2c(F)cccc2C1CC(=O)O. The smallest absolute Gasteiger partial charge is 0.305 e. The molecule has 202 valence electrons. The number of nitro groups is 1. The van der Waals surface area contributed by atoms with Crippen molar-refractivity contribution in [3.63, 3.8) is 0 Å². The summed E-state index contributed by atoms with van der Waals surface area (Å²) < 4.78 is 34.0. The summed E-state index contributed by atoms with van der Waals surface area (Å²) in [6.07, 6.45) is -0.420. The zero-order valence-corrected chi connectivity index (χ0v) is 21.0. The largest absolute Gasteiger partial charge is 0.495 e. The van der Waals surface area contributed by atoms with Crippen LogP contribution in [0.3, 0.4) is 0 Å². The fraction of sp³-hybridized carbons (Fsp3) is 0.259. The number of non-ortho nitro benzene ring substituents is 1. The highest BCUT2D eigenvalue weighted by Crippen LogP contribution is 2.45. The summed E-state index contributed by atoms with van der Waals surface area (Å²) in [4.78, 5) is 33.3. The van der Waals surface area contributed by atoms with Gasteiger partial charge < -0.3 is 24.5 Å². The minimum Gasteiger partial charge on any atom is -0.495 e. The van der Waals surface area contributed by atoms with Crippen molar-refractivity contribution in [3.8, 4) is 5.75 Å². The number of piperazine rings is 1. The van der Waals surface area contributed by atoms with E-state index in [2.05, 4.69) is 9.89 Å². The van der Waals surface area contributed by atoms with Crippen LogP contribution in [-0.4, -0.2) is 60.1 Å². The van der Waals surface area contributed by atoms with Crippen molar-refractivity contribution in [2.75, 3.05) is 43.1 Å². The number of guanidine groups is 1. The average molecular weight is 538 g/mol. The molecule has 3 aromatic carbocycles. The number of fused-ring (bicyclic) bond motifs is 1. The molecule has 0 aromatic heterocycles. The number of aliphatic carboxylic acids is 1. The molecule has 0 aliphatic carbocycles. The van der Waals surface area contributed by atoms with Crippen LogP contribution >= 0.6 is 0 Å². The lowest BCUT2D eigenvalue weighted by molar-refractivity contribution is -0.384. The number of ether oxygens (including phenoxy) is 1. The van der Waals surface area contributed by atoms with E-state index in [1.165, 1.54) is 49.6 Å². The van der Waals surface area contributed by atoms with E-state index in [1.807, 2.05) is 4.90 Å².